The molecule has 3 aromatic rings. The molecule has 2 amide bonds. The Morgan fingerprint density at radius 2 is 1.96 bits per heavy atom. The quantitative estimate of drug-likeness (QED) is 0.714. The molecule has 0 saturated carbocycles. The van der Waals surface area contributed by atoms with E-state index in [4.69, 9.17) is 0 Å². The van der Waals surface area contributed by atoms with Crippen LogP contribution in [0.5, 0.6) is 0 Å². The van der Waals surface area contributed by atoms with Crippen LogP contribution in [0.1, 0.15) is 12.8 Å². The summed E-state index contributed by atoms with van der Waals surface area (Å²) in [6.07, 6.45) is 9.22. The van der Waals surface area contributed by atoms with Crippen LogP contribution >= 0.6 is 0 Å². The van der Waals surface area contributed by atoms with Crippen LogP contribution < -0.4 is 15.5 Å². The summed E-state index contributed by atoms with van der Waals surface area (Å²) in [7, 11) is 0. The van der Waals surface area contributed by atoms with Crippen LogP contribution in [-0.4, -0.2) is 45.4 Å². The van der Waals surface area contributed by atoms with Crippen molar-refractivity contribution in [3.05, 3.63) is 61.2 Å². The van der Waals surface area contributed by atoms with Crippen molar-refractivity contribution >= 4 is 17.7 Å². The van der Waals surface area contributed by atoms with E-state index in [1.54, 1.807) is 23.3 Å². The molecule has 0 spiro atoms. The number of piperidine rings is 1. The Labute approximate surface area is 163 Å². The van der Waals surface area contributed by atoms with Crippen LogP contribution in [0.3, 0.4) is 0 Å². The van der Waals surface area contributed by atoms with E-state index in [0.717, 1.165) is 37.6 Å². The minimum Gasteiger partial charge on any atom is -0.340 e. The highest BCUT2D eigenvalue weighted by Crippen LogP contribution is 2.20. The van der Waals surface area contributed by atoms with Crippen LogP contribution in [0.4, 0.5) is 16.4 Å². The van der Waals surface area contributed by atoms with Crippen LogP contribution in [0.15, 0.2) is 61.2 Å². The minimum atomic E-state index is -0.215. The van der Waals surface area contributed by atoms with Gasteiger partial charge in [0.25, 0.3) is 0 Å². The molecular weight excluding hydrogens is 354 g/mol. The van der Waals surface area contributed by atoms with Gasteiger partial charge in [0, 0.05) is 44.4 Å². The number of hydrogen-bond acceptors (Lipinski definition) is 5. The first-order valence-corrected chi connectivity index (χ1v) is 9.45. The average molecular weight is 377 g/mol. The molecule has 2 N–H and O–H groups in total. The molecular formula is C20H23N7O. The van der Waals surface area contributed by atoms with Gasteiger partial charge in [0.05, 0.1) is 11.4 Å². The number of carbonyl (C=O) groups is 1. The van der Waals surface area contributed by atoms with Crippen molar-refractivity contribution < 1.29 is 4.79 Å². The van der Waals surface area contributed by atoms with E-state index in [9.17, 15) is 4.79 Å². The number of aromatic nitrogens is 4. The van der Waals surface area contributed by atoms with Crippen LogP contribution in [-0.2, 0) is 0 Å². The van der Waals surface area contributed by atoms with Crippen LogP contribution in [0.25, 0.3) is 5.69 Å². The Morgan fingerprint density at radius 3 is 2.79 bits per heavy atom. The third-order valence-electron chi connectivity index (χ3n) is 4.81. The van der Waals surface area contributed by atoms with E-state index in [-0.39, 0.29) is 6.03 Å². The summed E-state index contributed by atoms with van der Waals surface area (Å²) < 4.78 is 1.73. The molecule has 8 heteroatoms. The Morgan fingerprint density at radius 1 is 1.11 bits per heavy atom. The number of rotatable bonds is 5. The number of hydrogen-bond donors (Lipinski definition) is 2. The van der Waals surface area contributed by atoms with Crippen LogP contribution in [0, 0.1) is 5.92 Å². The zero-order valence-electron chi connectivity index (χ0n) is 15.5. The highest BCUT2D eigenvalue weighted by atomic mass is 16.2. The average Bonchev–Trinajstić information content (AvgIpc) is 3.28. The molecule has 1 fully saturated rings. The van der Waals surface area contributed by atoms with Gasteiger partial charge in [-0.05, 0) is 43.0 Å². The lowest BCUT2D eigenvalue weighted by molar-refractivity contribution is 0.249. The van der Waals surface area contributed by atoms with E-state index in [1.807, 2.05) is 42.6 Å². The first kappa shape index (κ1) is 18.0. The fourth-order valence-electron chi connectivity index (χ4n) is 3.46. The van der Waals surface area contributed by atoms with Crippen molar-refractivity contribution in [2.75, 3.05) is 29.9 Å². The van der Waals surface area contributed by atoms with Gasteiger partial charge in [0.2, 0.25) is 5.95 Å². The van der Waals surface area contributed by atoms with Crippen molar-refractivity contribution in [2.24, 2.45) is 5.92 Å². The van der Waals surface area contributed by atoms with Crippen molar-refractivity contribution in [3.63, 3.8) is 0 Å². The van der Waals surface area contributed by atoms with Gasteiger partial charge in [-0.25, -0.2) is 19.4 Å². The minimum absolute atomic E-state index is 0.215. The van der Waals surface area contributed by atoms with E-state index in [2.05, 4.69) is 30.6 Å². The van der Waals surface area contributed by atoms with Gasteiger partial charge >= 0.3 is 6.03 Å². The lowest BCUT2D eigenvalue weighted by atomic mass is 9.98. The van der Waals surface area contributed by atoms with Gasteiger partial charge in [0.1, 0.15) is 0 Å². The number of amides is 2. The van der Waals surface area contributed by atoms with Gasteiger partial charge in [-0.15, -0.1) is 0 Å². The third kappa shape index (κ3) is 4.28. The van der Waals surface area contributed by atoms with Crippen molar-refractivity contribution in [1.29, 1.82) is 0 Å². The number of nitrogens with one attached hydrogen (secondary N) is 2. The molecule has 0 radical (unpaired) electrons. The zero-order chi connectivity index (χ0) is 19.2. The molecule has 1 atom stereocenters. The summed E-state index contributed by atoms with van der Waals surface area (Å²) in [4.78, 5) is 23.3. The Balaban J connectivity index is 1.33. The molecule has 1 saturated heterocycles. The SMILES string of the molecule is O=C(NC[C@H]1CCCN(c2ncccn2)C1)Nc1ccccc1-n1cccn1. The number of anilines is 2. The first-order chi connectivity index (χ1) is 13.8. The molecule has 3 heterocycles. The predicted octanol–water partition coefficient (Wildman–Crippen LogP) is 2.70. The number of urea groups is 1. The monoisotopic (exact) mass is 377 g/mol. The second kappa shape index (κ2) is 8.51. The summed E-state index contributed by atoms with van der Waals surface area (Å²) in [6, 6.07) is 11.0. The molecule has 28 heavy (non-hydrogen) atoms. The third-order valence-corrected chi connectivity index (χ3v) is 4.81. The topological polar surface area (TPSA) is 88.0 Å². The molecule has 2 aromatic heterocycles. The van der Waals surface area contributed by atoms with E-state index in [1.165, 1.54) is 0 Å². The molecule has 0 aliphatic carbocycles. The molecule has 1 aliphatic rings. The molecule has 4 rings (SSSR count). The number of carbonyl (C=O) groups excluding carboxylic acids is 1. The lowest BCUT2D eigenvalue weighted by Gasteiger charge is -2.32. The van der Waals surface area contributed by atoms with Crippen molar-refractivity contribution in [1.82, 2.24) is 25.1 Å². The second-order valence-corrected chi connectivity index (χ2v) is 6.81. The van der Waals surface area contributed by atoms with Crippen molar-refractivity contribution in [2.45, 2.75) is 12.8 Å². The maximum Gasteiger partial charge on any atom is 0.319 e. The molecule has 0 bridgehead atoms. The summed E-state index contributed by atoms with van der Waals surface area (Å²) in [6.45, 7) is 2.40. The molecule has 1 aromatic carbocycles. The maximum atomic E-state index is 12.4. The summed E-state index contributed by atoms with van der Waals surface area (Å²) in [5.41, 5.74) is 1.54. The first-order valence-electron chi connectivity index (χ1n) is 9.45. The smallest absolute Gasteiger partial charge is 0.319 e. The number of benzene rings is 1. The molecule has 1 aliphatic heterocycles. The standard InChI is InChI=1S/C20H23N7O/c28-20(25-17-7-1-2-8-18(17)27-13-5-11-24-27)23-14-16-6-3-12-26(15-16)19-21-9-4-10-22-19/h1-2,4-5,7-11,13,16H,3,6,12,14-15H2,(H2,23,25,28)/t16-/m1/s1. The van der Waals surface area contributed by atoms with Gasteiger partial charge in [0.15, 0.2) is 0 Å². The molecule has 8 nitrogen and oxygen atoms in total. The van der Waals surface area contributed by atoms with Gasteiger partial charge in [-0.1, -0.05) is 12.1 Å². The Bertz CT molecular complexity index is 898. The Kier molecular flexibility index (Phi) is 5.46. The van der Waals surface area contributed by atoms with Crippen LogP contribution in [0.2, 0.25) is 0 Å². The summed E-state index contributed by atoms with van der Waals surface area (Å²) in [5.74, 6) is 1.12. The van der Waals surface area contributed by atoms with E-state index in [0.29, 0.717) is 18.2 Å². The van der Waals surface area contributed by atoms with E-state index >= 15 is 0 Å². The van der Waals surface area contributed by atoms with Gasteiger partial charge in [-0.2, -0.15) is 5.10 Å². The highest BCUT2D eigenvalue weighted by Gasteiger charge is 2.22. The maximum absolute atomic E-state index is 12.4. The molecule has 144 valence electrons. The van der Waals surface area contributed by atoms with Crippen molar-refractivity contribution in [3.8, 4) is 5.69 Å². The Hall–Kier alpha value is -3.42. The van der Waals surface area contributed by atoms with Gasteiger partial charge in [-0.3, -0.25) is 0 Å². The summed E-state index contributed by atoms with van der Waals surface area (Å²) >= 11 is 0. The number of nitrogens with zero attached hydrogens (tertiary/aromatic N) is 5. The van der Waals surface area contributed by atoms with Gasteiger partial charge < -0.3 is 15.5 Å². The number of para-hydroxylation sites is 2. The van der Waals surface area contributed by atoms with E-state index < -0.39 is 0 Å². The predicted molar refractivity (Wildman–Crippen MR) is 108 cm³/mol. The lowest BCUT2D eigenvalue weighted by Crippen LogP contribution is -2.42. The largest absolute Gasteiger partial charge is 0.340 e. The normalized spacial score (nSPS) is 16.6. The highest BCUT2D eigenvalue weighted by molar-refractivity contribution is 5.91. The molecule has 0 unspecified atom stereocenters. The fourth-order valence-corrected chi connectivity index (χ4v) is 3.46. The second-order valence-electron chi connectivity index (χ2n) is 6.81. The zero-order valence-corrected chi connectivity index (χ0v) is 15.5. The summed E-state index contributed by atoms with van der Waals surface area (Å²) in [5, 5.41) is 10.2. The fraction of sp³-hybridized carbons (Fsp3) is 0.300.